The first-order valence-electron chi connectivity index (χ1n) is 9.21. The topological polar surface area (TPSA) is 95.7 Å². The highest BCUT2D eigenvalue weighted by Gasteiger charge is 2.31. The van der Waals surface area contributed by atoms with Crippen molar-refractivity contribution in [1.82, 2.24) is 25.7 Å². The molecule has 1 atom stereocenters. The number of hydrogen-bond donors (Lipinski definition) is 2. The van der Waals surface area contributed by atoms with Crippen molar-refractivity contribution >= 4 is 35.8 Å². The summed E-state index contributed by atoms with van der Waals surface area (Å²) < 4.78 is 4.96. The Kier molecular flexibility index (Phi) is 8.11. The molecule has 1 aliphatic heterocycles. The van der Waals surface area contributed by atoms with Crippen molar-refractivity contribution in [3.63, 3.8) is 0 Å². The van der Waals surface area contributed by atoms with Crippen LogP contribution in [0.3, 0.4) is 0 Å². The fourth-order valence-corrected chi connectivity index (χ4v) is 3.65. The maximum atomic E-state index is 12.6. The number of hydrogen-bond acceptors (Lipinski definition) is 5. The van der Waals surface area contributed by atoms with Gasteiger partial charge in [0.2, 0.25) is 11.8 Å². The molecule has 1 aromatic rings. The molecular formula is C17H29IN6O2. The standard InChI is InChI=1S/C17H28N6O2.HI/c1-12-20-15(22-25-12)10-19-17(18-2)21-14-8-9-23(11-14)16(24)13-6-4-3-5-7-13;/h13-14H,3-11H2,1-2H3,(H2,18,19,21);1H. The van der Waals surface area contributed by atoms with Gasteiger partial charge >= 0.3 is 0 Å². The van der Waals surface area contributed by atoms with Gasteiger partial charge in [-0.1, -0.05) is 24.4 Å². The first kappa shape index (κ1) is 20.9. The molecule has 1 aliphatic carbocycles. The molecule has 0 aromatic carbocycles. The van der Waals surface area contributed by atoms with Gasteiger partial charge in [-0.05, 0) is 19.3 Å². The number of guanidine groups is 1. The Morgan fingerprint density at radius 1 is 1.31 bits per heavy atom. The van der Waals surface area contributed by atoms with E-state index in [1.165, 1.54) is 19.3 Å². The van der Waals surface area contributed by atoms with Gasteiger partial charge in [-0.15, -0.1) is 24.0 Å². The summed E-state index contributed by atoms with van der Waals surface area (Å²) in [6.45, 7) is 3.79. The van der Waals surface area contributed by atoms with E-state index in [0.717, 1.165) is 32.4 Å². The van der Waals surface area contributed by atoms with Crippen molar-refractivity contribution in [1.29, 1.82) is 0 Å². The van der Waals surface area contributed by atoms with Gasteiger partial charge in [0.15, 0.2) is 11.8 Å². The smallest absolute Gasteiger partial charge is 0.225 e. The van der Waals surface area contributed by atoms with Crippen molar-refractivity contribution in [3.05, 3.63) is 11.7 Å². The van der Waals surface area contributed by atoms with E-state index in [1.54, 1.807) is 14.0 Å². The van der Waals surface area contributed by atoms with Crippen LogP contribution in [0.25, 0.3) is 0 Å². The second-order valence-electron chi connectivity index (χ2n) is 6.90. The van der Waals surface area contributed by atoms with Crippen LogP contribution in [-0.2, 0) is 11.3 Å². The molecule has 1 aromatic heterocycles. The van der Waals surface area contributed by atoms with Crippen LogP contribution in [-0.4, -0.2) is 53.1 Å². The molecule has 9 heteroatoms. The van der Waals surface area contributed by atoms with E-state index >= 15 is 0 Å². The summed E-state index contributed by atoms with van der Waals surface area (Å²) in [5, 5.41) is 10.4. The number of amides is 1. The summed E-state index contributed by atoms with van der Waals surface area (Å²) in [7, 11) is 1.73. The molecule has 1 unspecified atom stereocenters. The lowest BCUT2D eigenvalue weighted by Gasteiger charge is -2.26. The largest absolute Gasteiger partial charge is 0.352 e. The maximum Gasteiger partial charge on any atom is 0.225 e. The SMILES string of the molecule is CN=C(NCc1noc(C)n1)NC1CCN(C(=O)C2CCCCC2)C1.I. The Balaban J connectivity index is 0.00000243. The molecule has 2 heterocycles. The van der Waals surface area contributed by atoms with Gasteiger partial charge in [0.1, 0.15) is 0 Å². The lowest BCUT2D eigenvalue weighted by molar-refractivity contribution is -0.135. The third kappa shape index (κ3) is 5.55. The molecule has 1 amide bonds. The fraction of sp³-hybridized carbons (Fsp3) is 0.765. The molecular weight excluding hydrogens is 447 g/mol. The number of halogens is 1. The average molecular weight is 476 g/mol. The summed E-state index contributed by atoms with van der Waals surface area (Å²) in [5.74, 6) is 2.42. The first-order chi connectivity index (χ1) is 12.2. The zero-order valence-electron chi connectivity index (χ0n) is 15.5. The lowest BCUT2D eigenvalue weighted by atomic mass is 9.88. The third-order valence-corrected chi connectivity index (χ3v) is 5.00. The van der Waals surface area contributed by atoms with Crippen molar-refractivity contribution in [2.45, 2.75) is 58.0 Å². The van der Waals surface area contributed by atoms with Gasteiger partial charge in [-0.25, -0.2) is 0 Å². The Labute approximate surface area is 171 Å². The fourth-order valence-electron chi connectivity index (χ4n) is 3.65. The highest BCUT2D eigenvalue weighted by Crippen LogP contribution is 2.26. The molecule has 146 valence electrons. The van der Waals surface area contributed by atoms with Gasteiger partial charge in [0.25, 0.3) is 0 Å². The monoisotopic (exact) mass is 476 g/mol. The lowest BCUT2D eigenvalue weighted by Crippen LogP contribution is -2.45. The molecule has 3 rings (SSSR count). The van der Waals surface area contributed by atoms with Crippen molar-refractivity contribution in [2.24, 2.45) is 10.9 Å². The minimum atomic E-state index is 0. The number of rotatable bonds is 4. The molecule has 0 spiro atoms. The minimum absolute atomic E-state index is 0. The van der Waals surface area contributed by atoms with Gasteiger partial charge in [0.05, 0.1) is 6.54 Å². The van der Waals surface area contributed by atoms with Gasteiger partial charge in [-0.3, -0.25) is 9.79 Å². The van der Waals surface area contributed by atoms with E-state index in [0.29, 0.717) is 30.1 Å². The van der Waals surface area contributed by atoms with Gasteiger partial charge in [-0.2, -0.15) is 4.98 Å². The van der Waals surface area contributed by atoms with E-state index < -0.39 is 0 Å². The van der Waals surface area contributed by atoms with Crippen LogP contribution in [0.2, 0.25) is 0 Å². The molecule has 1 saturated carbocycles. The summed E-state index contributed by atoms with van der Waals surface area (Å²) >= 11 is 0. The second kappa shape index (κ2) is 10.1. The quantitative estimate of drug-likeness (QED) is 0.391. The zero-order valence-corrected chi connectivity index (χ0v) is 17.9. The van der Waals surface area contributed by atoms with Crippen LogP contribution in [0.4, 0.5) is 0 Å². The molecule has 2 fully saturated rings. The summed E-state index contributed by atoms with van der Waals surface area (Å²) in [5.41, 5.74) is 0. The number of nitrogens with one attached hydrogen (secondary N) is 2. The maximum absolute atomic E-state index is 12.6. The average Bonchev–Trinajstić information content (AvgIpc) is 3.27. The molecule has 2 N–H and O–H groups in total. The summed E-state index contributed by atoms with van der Waals surface area (Å²) in [6, 6.07) is 0.228. The Hall–Kier alpha value is -1.39. The summed E-state index contributed by atoms with van der Waals surface area (Å²) in [4.78, 5) is 23.1. The first-order valence-corrected chi connectivity index (χ1v) is 9.21. The second-order valence-corrected chi connectivity index (χ2v) is 6.90. The number of aliphatic imine (C=N–C) groups is 1. The predicted octanol–water partition coefficient (Wildman–Crippen LogP) is 1.84. The van der Waals surface area contributed by atoms with Gasteiger partial charge in [0, 0.05) is 39.0 Å². The van der Waals surface area contributed by atoms with Crippen LogP contribution in [0, 0.1) is 12.8 Å². The van der Waals surface area contributed by atoms with Crippen LogP contribution < -0.4 is 10.6 Å². The molecule has 1 saturated heterocycles. The molecule has 8 nitrogen and oxygen atoms in total. The minimum Gasteiger partial charge on any atom is -0.352 e. The van der Waals surface area contributed by atoms with E-state index in [-0.39, 0.29) is 35.9 Å². The van der Waals surface area contributed by atoms with E-state index in [2.05, 4.69) is 25.8 Å². The highest BCUT2D eigenvalue weighted by atomic mass is 127. The number of likely N-dealkylation sites (tertiary alicyclic amines) is 1. The van der Waals surface area contributed by atoms with Crippen LogP contribution in [0.1, 0.15) is 50.2 Å². The van der Waals surface area contributed by atoms with E-state index in [4.69, 9.17) is 4.52 Å². The number of aromatic nitrogens is 2. The molecule has 0 radical (unpaired) electrons. The number of aryl methyl sites for hydroxylation is 1. The number of carbonyl (C=O) groups is 1. The normalized spacial score (nSPS) is 21.4. The third-order valence-electron chi connectivity index (χ3n) is 5.00. The van der Waals surface area contributed by atoms with Crippen molar-refractivity contribution in [2.75, 3.05) is 20.1 Å². The Morgan fingerprint density at radius 2 is 2.08 bits per heavy atom. The van der Waals surface area contributed by atoms with Crippen molar-refractivity contribution < 1.29 is 9.32 Å². The highest BCUT2D eigenvalue weighted by molar-refractivity contribution is 14.0. The molecule has 26 heavy (non-hydrogen) atoms. The Morgan fingerprint density at radius 3 is 2.73 bits per heavy atom. The Bertz CT molecular complexity index is 614. The predicted molar refractivity (Wildman–Crippen MR) is 109 cm³/mol. The van der Waals surface area contributed by atoms with Crippen LogP contribution in [0.5, 0.6) is 0 Å². The molecule has 2 aliphatic rings. The zero-order chi connectivity index (χ0) is 17.6. The van der Waals surface area contributed by atoms with Crippen molar-refractivity contribution in [3.8, 4) is 0 Å². The van der Waals surface area contributed by atoms with E-state index in [9.17, 15) is 4.79 Å². The van der Waals surface area contributed by atoms with Crippen LogP contribution in [0.15, 0.2) is 9.52 Å². The van der Waals surface area contributed by atoms with Crippen LogP contribution >= 0.6 is 24.0 Å². The molecule has 0 bridgehead atoms. The van der Waals surface area contributed by atoms with Gasteiger partial charge < -0.3 is 20.1 Å². The summed E-state index contributed by atoms with van der Waals surface area (Å²) in [6.07, 6.45) is 6.72. The number of carbonyl (C=O) groups excluding carboxylic acids is 1. The van der Waals surface area contributed by atoms with E-state index in [1.807, 2.05) is 4.90 Å². The number of nitrogens with zero attached hydrogens (tertiary/aromatic N) is 4.